The number of H-pyrrole nitrogens is 1. The van der Waals surface area contributed by atoms with Crippen LogP contribution in [0.4, 0.5) is 4.79 Å². The van der Waals surface area contributed by atoms with Crippen LogP contribution in [-0.2, 0) is 0 Å². The van der Waals surface area contributed by atoms with Gasteiger partial charge in [0.25, 0.3) is 5.91 Å². The van der Waals surface area contributed by atoms with E-state index in [1.165, 1.54) is 4.90 Å². The fourth-order valence-electron chi connectivity index (χ4n) is 1.53. The molecule has 8 heteroatoms. The van der Waals surface area contributed by atoms with Crippen molar-refractivity contribution in [3.8, 4) is 17.0 Å². The molecule has 0 unspecified atom stereocenters. The fraction of sp³-hybridized carbons (Fsp3) is 0.167. The van der Waals surface area contributed by atoms with Crippen molar-refractivity contribution in [3.05, 3.63) is 30.0 Å². The normalized spacial score (nSPS) is 10.1. The summed E-state index contributed by atoms with van der Waals surface area (Å²) in [5, 5.41) is 9.89. The Bertz CT molecular complexity index is 650. The van der Waals surface area contributed by atoms with Crippen molar-refractivity contribution in [3.63, 3.8) is 0 Å². The Balaban J connectivity index is 2.44. The molecule has 8 nitrogen and oxygen atoms in total. The lowest BCUT2D eigenvalue weighted by Crippen LogP contribution is -2.25. The number of nitrogens with zero attached hydrogens (tertiary/aromatic N) is 3. The molecule has 0 atom stereocenters. The highest BCUT2D eigenvalue weighted by atomic mass is 16.6. The monoisotopic (exact) mass is 275 g/mol. The summed E-state index contributed by atoms with van der Waals surface area (Å²) in [4.78, 5) is 24.2. The standard InChI is InChI=1S/C12H13N5O3/c1-17(2)12(19)20-8-6-4-3-5-7(8)9-10(11(13)18)15-16-14-9/h3-6H,1-2H3,(H2,13,18)(H,14,15,16). The van der Waals surface area contributed by atoms with E-state index < -0.39 is 12.0 Å². The number of hydrogen-bond donors (Lipinski definition) is 2. The minimum absolute atomic E-state index is 0.0154. The number of para-hydroxylation sites is 1. The Hall–Kier alpha value is -2.90. The van der Waals surface area contributed by atoms with E-state index in [1.807, 2.05) is 0 Å². The maximum atomic E-state index is 11.6. The van der Waals surface area contributed by atoms with Gasteiger partial charge in [0.15, 0.2) is 5.69 Å². The summed E-state index contributed by atoms with van der Waals surface area (Å²) in [7, 11) is 3.13. The van der Waals surface area contributed by atoms with E-state index in [2.05, 4.69) is 15.4 Å². The minimum Gasteiger partial charge on any atom is -0.409 e. The van der Waals surface area contributed by atoms with Crippen LogP contribution in [0.25, 0.3) is 11.3 Å². The summed E-state index contributed by atoms with van der Waals surface area (Å²) >= 11 is 0. The molecule has 0 fully saturated rings. The highest BCUT2D eigenvalue weighted by Crippen LogP contribution is 2.30. The summed E-state index contributed by atoms with van der Waals surface area (Å²) in [5.74, 6) is -0.454. The summed E-state index contributed by atoms with van der Waals surface area (Å²) in [6.07, 6.45) is -0.540. The van der Waals surface area contributed by atoms with Crippen molar-refractivity contribution in [2.75, 3.05) is 14.1 Å². The molecule has 0 bridgehead atoms. The number of rotatable bonds is 3. The molecule has 0 spiro atoms. The summed E-state index contributed by atoms with van der Waals surface area (Å²) in [6, 6.07) is 6.67. The van der Waals surface area contributed by atoms with Gasteiger partial charge in [0.2, 0.25) is 0 Å². The number of nitrogens with one attached hydrogen (secondary N) is 1. The van der Waals surface area contributed by atoms with Gasteiger partial charge < -0.3 is 15.4 Å². The Kier molecular flexibility index (Phi) is 3.65. The summed E-state index contributed by atoms with van der Waals surface area (Å²) < 4.78 is 5.22. The zero-order valence-electron chi connectivity index (χ0n) is 11.0. The van der Waals surface area contributed by atoms with Crippen molar-refractivity contribution < 1.29 is 14.3 Å². The van der Waals surface area contributed by atoms with Crippen molar-refractivity contribution in [1.82, 2.24) is 20.3 Å². The van der Waals surface area contributed by atoms with E-state index >= 15 is 0 Å². The molecule has 1 aromatic heterocycles. The number of amides is 2. The van der Waals surface area contributed by atoms with Crippen LogP contribution in [0.3, 0.4) is 0 Å². The molecule has 0 radical (unpaired) electrons. The molecule has 104 valence electrons. The van der Waals surface area contributed by atoms with Gasteiger partial charge in [-0.2, -0.15) is 15.4 Å². The number of carbonyl (C=O) groups is 2. The lowest BCUT2D eigenvalue weighted by Gasteiger charge is -2.12. The average Bonchev–Trinajstić information content (AvgIpc) is 2.88. The van der Waals surface area contributed by atoms with Crippen LogP contribution in [0.2, 0.25) is 0 Å². The van der Waals surface area contributed by atoms with E-state index in [9.17, 15) is 9.59 Å². The van der Waals surface area contributed by atoms with Crippen LogP contribution in [0, 0.1) is 0 Å². The van der Waals surface area contributed by atoms with Crippen LogP contribution >= 0.6 is 0 Å². The molecule has 0 aliphatic rings. The third kappa shape index (κ3) is 2.58. The van der Waals surface area contributed by atoms with Gasteiger partial charge in [-0.25, -0.2) is 4.79 Å². The quantitative estimate of drug-likeness (QED) is 0.852. The van der Waals surface area contributed by atoms with Gasteiger partial charge in [-0.15, -0.1) is 0 Å². The van der Waals surface area contributed by atoms with Crippen LogP contribution in [0.5, 0.6) is 5.75 Å². The largest absolute Gasteiger partial charge is 0.414 e. The Morgan fingerprint density at radius 1 is 1.25 bits per heavy atom. The third-order valence-electron chi connectivity index (χ3n) is 2.49. The van der Waals surface area contributed by atoms with Crippen LogP contribution in [0.15, 0.2) is 24.3 Å². The zero-order chi connectivity index (χ0) is 14.7. The highest BCUT2D eigenvalue weighted by molar-refractivity contribution is 5.97. The number of benzene rings is 1. The Morgan fingerprint density at radius 2 is 1.95 bits per heavy atom. The van der Waals surface area contributed by atoms with Gasteiger partial charge in [0, 0.05) is 19.7 Å². The Morgan fingerprint density at radius 3 is 2.60 bits per heavy atom. The molecule has 20 heavy (non-hydrogen) atoms. The fourth-order valence-corrected chi connectivity index (χ4v) is 1.53. The number of aromatic amines is 1. The van der Waals surface area contributed by atoms with E-state index in [4.69, 9.17) is 10.5 Å². The molecule has 2 rings (SSSR count). The zero-order valence-corrected chi connectivity index (χ0v) is 11.0. The topological polar surface area (TPSA) is 114 Å². The Labute approximate surface area is 114 Å². The first kappa shape index (κ1) is 13.5. The number of ether oxygens (including phenoxy) is 1. The predicted octanol–water partition coefficient (Wildman–Crippen LogP) is 0.631. The first-order valence-electron chi connectivity index (χ1n) is 5.69. The molecule has 0 aliphatic heterocycles. The van der Waals surface area contributed by atoms with E-state index in [0.717, 1.165) is 0 Å². The van der Waals surface area contributed by atoms with Gasteiger partial charge in [0.05, 0.1) is 0 Å². The van der Waals surface area contributed by atoms with Gasteiger partial charge in [-0.1, -0.05) is 12.1 Å². The smallest absolute Gasteiger partial charge is 0.409 e. The maximum Gasteiger partial charge on any atom is 0.414 e. The van der Waals surface area contributed by atoms with E-state index in [-0.39, 0.29) is 17.1 Å². The highest BCUT2D eigenvalue weighted by Gasteiger charge is 2.20. The molecule has 1 heterocycles. The van der Waals surface area contributed by atoms with Crippen molar-refractivity contribution in [2.45, 2.75) is 0 Å². The number of primary amides is 1. The molecular formula is C12H13N5O3. The minimum atomic E-state index is -0.720. The van der Waals surface area contributed by atoms with Gasteiger partial charge >= 0.3 is 6.09 Å². The summed E-state index contributed by atoms with van der Waals surface area (Å²) in [5.41, 5.74) is 5.89. The lowest BCUT2D eigenvalue weighted by atomic mass is 10.1. The van der Waals surface area contributed by atoms with Crippen molar-refractivity contribution in [2.24, 2.45) is 5.73 Å². The molecule has 0 aliphatic carbocycles. The molecule has 2 aromatic rings. The van der Waals surface area contributed by atoms with Crippen LogP contribution < -0.4 is 10.5 Å². The van der Waals surface area contributed by atoms with Gasteiger partial charge in [-0.3, -0.25) is 4.79 Å². The molecule has 2 amide bonds. The van der Waals surface area contributed by atoms with Gasteiger partial charge in [0.1, 0.15) is 11.4 Å². The first-order chi connectivity index (χ1) is 9.50. The number of nitrogens with two attached hydrogens (primary N) is 1. The SMILES string of the molecule is CN(C)C(=O)Oc1ccccc1-c1n[nH]nc1C(N)=O. The first-order valence-corrected chi connectivity index (χ1v) is 5.69. The van der Waals surface area contributed by atoms with Crippen molar-refractivity contribution in [1.29, 1.82) is 0 Å². The second kappa shape index (κ2) is 5.39. The summed E-state index contributed by atoms with van der Waals surface area (Å²) in [6.45, 7) is 0. The van der Waals surface area contributed by atoms with Crippen LogP contribution in [0.1, 0.15) is 10.5 Å². The second-order valence-corrected chi connectivity index (χ2v) is 4.14. The van der Waals surface area contributed by atoms with E-state index in [0.29, 0.717) is 5.56 Å². The molecule has 3 N–H and O–H groups in total. The second-order valence-electron chi connectivity index (χ2n) is 4.14. The van der Waals surface area contributed by atoms with Crippen LogP contribution in [-0.4, -0.2) is 46.4 Å². The van der Waals surface area contributed by atoms with Crippen molar-refractivity contribution >= 4 is 12.0 Å². The molecule has 0 saturated carbocycles. The average molecular weight is 275 g/mol. The molecular weight excluding hydrogens is 262 g/mol. The van der Waals surface area contributed by atoms with E-state index in [1.54, 1.807) is 38.4 Å². The number of aromatic nitrogens is 3. The third-order valence-corrected chi connectivity index (χ3v) is 2.49. The maximum absolute atomic E-state index is 11.6. The number of carbonyl (C=O) groups excluding carboxylic acids is 2. The predicted molar refractivity (Wildman–Crippen MR) is 70.0 cm³/mol. The van der Waals surface area contributed by atoms with Gasteiger partial charge in [-0.05, 0) is 12.1 Å². The number of hydrogen-bond acceptors (Lipinski definition) is 5. The lowest BCUT2D eigenvalue weighted by molar-refractivity contribution is 0.0996. The molecule has 0 saturated heterocycles. The molecule has 1 aromatic carbocycles.